The van der Waals surface area contributed by atoms with Gasteiger partial charge in [0.2, 0.25) is 5.89 Å². The molecule has 0 aromatic carbocycles. The lowest BCUT2D eigenvalue weighted by Crippen LogP contribution is -2.11. The minimum Gasteiger partial charge on any atom is -0.339 e. The Morgan fingerprint density at radius 1 is 1.67 bits per heavy atom. The average Bonchev–Trinajstić information content (AvgIpc) is 2.77. The molecule has 82 valence electrons. The molecule has 1 aliphatic heterocycles. The number of aromatic nitrogens is 2. The lowest BCUT2D eigenvalue weighted by Gasteiger charge is -2.01. The van der Waals surface area contributed by atoms with Crippen LogP contribution < -0.4 is 5.32 Å². The number of carbonyl (C=O) groups is 1. The summed E-state index contributed by atoms with van der Waals surface area (Å²) in [6.07, 6.45) is 2.24. The zero-order valence-electron chi connectivity index (χ0n) is 8.82. The highest BCUT2D eigenvalue weighted by atomic mass is 16.5. The Labute approximate surface area is 88.2 Å². The first-order chi connectivity index (χ1) is 7.24. The van der Waals surface area contributed by atoms with Crippen molar-refractivity contribution in [2.45, 2.75) is 26.2 Å². The zero-order valence-corrected chi connectivity index (χ0v) is 8.82. The highest BCUT2D eigenvalue weighted by molar-refractivity contribution is 5.77. The van der Waals surface area contributed by atoms with E-state index in [2.05, 4.69) is 15.5 Å². The van der Waals surface area contributed by atoms with Crippen LogP contribution in [0.15, 0.2) is 4.52 Å². The first-order valence-electron chi connectivity index (χ1n) is 5.25. The normalized spacial score (nSPS) is 20.7. The molecule has 0 amide bonds. The van der Waals surface area contributed by atoms with Crippen molar-refractivity contribution in [2.24, 2.45) is 5.92 Å². The van der Waals surface area contributed by atoms with Gasteiger partial charge in [0.15, 0.2) is 5.82 Å². The maximum absolute atomic E-state index is 10.8. The molecule has 0 spiro atoms. The first kappa shape index (κ1) is 10.3. The van der Waals surface area contributed by atoms with E-state index in [1.165, 1.54) is 6.92 Å². The largest absolute Gasteiger partial charge is 0.339 e. The summed E-state index contributed by atoms with van der Waals surface area (Å²) >= 11 is 0. The predicted octanol–water partition coefficient (Wildman–Crippen LogP) is 0.353. The Hall–Kier alpha value is -1.23. The molecule has 1 aromatic heterocycles. The van der Waals surface area contributed by atoms with Gasteiger partial charge in [0.05, 0.1) is 6.42 Å². The Morgan fingerprint density at radius 2 is 2.53 bits per heavy atom. The smallest absolute Gasteiger partial charge is 0.226 e. The molecule has 5 heteroatoms. The van der Waals surface area contributed by atoms with E-state index in [1.807, 2.05) is 0 Å². The van der Waals surface area contributed by atoms with Gasteiger partial charge in [-0.15, -0.1) is 0 Å². The summed E-state index contributed by atoms with van der Waals surface area (Å²) in [7, 11) is 0. The molecule has 0 bridgehead atoms. The molecule has 2 rings (SSSR count). The molecule has 1 saturated heterocycles. The Morgan fingerprint density at radius 3 is 3.20 bits per heavy atom. The topological polar surface area (TPSA) is 68.0 Å². The van der Waals surface area contributed by atoms with Crippen LogP contribution in [0.4, 0.5) is 0 Å². The molecule has 1 unspecified atom stereocenters. The number of Topliss-reactive ketones (excluding diaryl/α,β-unsaturated/α-hetero) is 1. The van der Waals surface area contributed by atoms with Gasteiger partial charge >= 0.3 is 0 Å². The molecule has 15 heavy (non-hydrogen) atoms. The SMILES string of the molecule is CC(=O)Cc1noc(CC2CCNC2)n1. The number of rotatable bonds is 4. The third kappa shape index (κ3) is 2.86. The Bertz CT molecular complexity index is 342. The Balaban J connectivity index is 1.91. The Kier molecular flexibility index (Phi) is 3.11. The summed E-state index contributed by atoms with van der Waals surface area (Å²) < 4.78 is 5.09. The molecule has 1 aliphatic rings. The summed E-state index contributed by atoms with van der Waals surface area (Å²) in [6, 6.07) is 0. The number of hydrogen-bond donors (Lipinski definition) is 1. The van der Waals surface area contributed by atoms with Crippen molar-refractivity contribution in [3.05, 3.63) is 11.7 Å². The molecule has 1 aromatic rings. The summed E-state index contributed by atoms with van der Waals surface area (Å²) in [5.41, 5.74) is 0. The van der Waals surface area contributed by atoms with Crippen LogP contribution in [-0.2, 0) is 17.6 Å². The maximum atomic E-state index is 10.8. The van der Waals surface area contributed by atoms with E-state index in [1.54, 1.807) is 0 Å². The molecule has 1 N–H and O–H groups in total. The zero-order chi connectivity index (χ0) is 10.7. The maximum Gasteiger partial charge on any atom is 0.226 e. The number of nitrogens with zero attached hydrogens (tertiary/aromatic N) is 2. The van der Waals surface area contributed by atoms with Gasteiger partial charge in [-0.25, -0.2) is 0 Å². The van der Waals surface area contributed by atoms with Gasteiger partial charge in [-0.05, 0) is 32.4 Å². The molecule has 0 saturated carbocycles. The summed E-state index contributed by atoms with van der Waals surface area (Å²) in [5, 5.41) is 7.06. The van der Waals surface area contributed by atoms with Gasteiger partial charge in [0.1, 0.15) is 5.78 Å². The first-order valence-corrected chi connectivity index (χ1v) is 5.25. The minimum absolute atomic E-state index is 0.0601. The van der Waals surface area contributed by atoms with Crippen molar-refractivity contribution in [1.82, 2.24) is 15.5 Å². The quantitative estimate of drug-likeness (QED) is 0.775. The molecule has 0 radical (unpaired) electrons. The van der Waals surface area contributed by atoms with Gasteiger partial charge in [-0.2, -0.15) is 4.98 Å². The van der Waals surface area contributed by atoms with Gasteiger partial charge in [-0.1, -0.05) is 5.16 Å². The van der Waals surface area contributed by atoms with Crippen LogP contribution in [0.2, 0.25) is 0 Å². The van der Waals surface area contributed by atoms with Gasteiger partial charge < -0.3 is 9.84 Å². The van der Waals surface area contributed by atoms with Crippen LogP contribution in [0.1, 0.15) is 25.1 Å². The van der Waals surface area contributed by atoms with Crippen LogP contribution in [0.5, 0.6) is 0 Å². The van der Waals surface area contributed by atoms with Crippen LogP contribution in [0, 0.1) is 5.92 Å². The van der Waals surface area contributed by atoms with E-state index in [4.69, 9.17) is 4.52 Å². The van der Waals surface area contributed by atoms with E-state index in [-0.39, 0.29) is 12.2 Å². The number of hydrogen-bond acceptors (Lipinski definition) is 5. The lowest BCUT2D eigenvalue weighted by molar-refractivity contribution is -0.116. The van der Waals surface area contributed by atoms with Crippen molar-refractivity contribution >= 4 is 5.78 Å². The van der Waals surface area contributed by atoms with Crippen molar-refractivity contribution in [1.29, 1.82) is 0 Å². The van der Waals surface area contributed by atoms with Gasteiger partial charge in [-0.3, -0.25) is 4.79 Å². The lowest BCUT2D eigenvalue weighted by atomic mass is 10.1. The van der Waals surface area contributed by atoms with E-state index in [0.717, 1.165) is 25.9 Å². The molecule has 1 fully saturated rings. The molecule has 0 aliphatic carbocycles. The fourth-order valence-corrected chi connectivity index (χ4v) is 1.80. The fourth-order valence-electron chi connectivity index (χ4n) is 1.80. The standard InChI is InChI=1S/C10H15N3O2/c1-7(14)4-9-12-10(15-13-9)5-8-2-3-11-6-8/h8,11H,2-6H2,1H3. The van der Waals surface area contributed by atoms with Crippen LogP contribution in [-0.4, -0.2) is 29.0 Å². The predicted molar refractivity (Wildman–Crippen MR) is 53.4 cm³/mol. The van der Waals surface area contributed by atoms with Crippen molar-refractivity contribution < 1.29 is 9.32 Å². The number of nitrogens with one attached hydrogen (secondary N) is 1. The fraction of sp³-hybridized carbons (Fsp3) is 0.700. The number of carbonyl (C=O) groups excluding carboxylic acids is 1. The van der Waals surface area contributed by atoms with Gasteiger partial charge in [0, 0.05) is 6.42 Å². The third-order valence-electron chi connectivity index (χ3n) is 2.54. The van der Waals surface area contributed by atoms with E-state index < -0.39 is 0 Å². The van der Waals surface area contributed by atoms with Crippen LogP contribution in [0.25, 0.3) is 0 Å². The average molecular weight is 209 g/mol. The van der Waals surface area contributed by atoms with E-state index >= 15 is 0 Å². The second kappa shape index (κ2) is 4.53. The third-order valence-corrected chi connectivity index (χ3v) is 2.54. The molecular formula is C10H15N3O2. The van der Waals surface area contributed by atoms with E-state index in [9.17, 15) is 4.79 Å². The monoisotopic (exact) mass is 209 g/mol. The minimum atomic E-state index is 0.0601. The second-order valence-electron chi connectivity index (χ2n) is 4.05. The highest BCUT2D eigenvalue weighted by Gasteiger charge is 2.18. The molecule has 2 heterocycles. The molecule has 5 nitrogen and oxygen atoms in total. The van der Waals surface area contributed by atoms with E-state index in [0.29, 0.717) is 17.6 Å². The molecule has 1 atom stereocenters. The van der Waals surface area contributed by atoms with Crippen LogP contribution in [0.3, 0.4) is 0 Å². The van der Waals surface area contributed by atoms with Crippen molar-refractivity contribution in [3.63, 3.8) is 0 Å². The number of ketones is 1. The second-order valence-corrected chi connectivity index (χ2v) is 4.05. The highest BCUT2D eigenvalue weighted by Crippen LogP contribution is 2.13. The van der Waals surface area contributed by atoms with Gasteiger partial charge in [0.25, 0.3) is 0 Å². The summed E-state index contributed by atoms with van der Waals surface area (Å²) in [4.78, 5) is 15.0. The summed E-state index contributed by atoms with van der Waals surface area (Å²) in [5.74, 6) is 1.81. The van der Waals surface area contributed by atoms with Crippen molar-refractivity contribution in [2.75, 3.05) is 13.1 Å². The van der Waals surface area contributed by atoms with Crippen LogP contribution >= 0.6 is 0 Å². The van der Waals surface area contributed by atoms with Crippen molar-refractivity contribution in [3.8, 4) is 0 Å². The molecular weight excluding hydrogens is 194 g/mol. The summed E-state index contributed by atoms with van der Waals surface area (Å²) in [6.45, 7) is 3.61.